The molecule has 1 atom stereocenters. The van der Waals surface area contributed by atoms with E-state index in [1.54, 1.807) is 26.0 Å². The van der Waals surface area contributed by atoms with Gasteiger partial charge in [0.05, 0.1) is 11.9 Å². The molecule has 0 fully saturated rings. The van der Waals surface area contributed by atoms with Crippen molar-refractivity contribution in [2.45, 2.75) is 38.4 Å². The number of hydrogen-bond donors (Lipinski definition) is 2. The Morgan fingerprint density at radius 1 is 1.60 bits per heavy atom. The SMILES string of the molecule is CC(C)(O)CC(=O)CC(O)c1ccco1. The van der Waals surface area contributed by atoms with Crippen LogP contribution < -0.4 is 0 Å². The lowest BCUT2D eigenvalue weighted by Crippen LogP contribution is -2.24. The molecule has 0 aliphatic heterocycles. The van der Waals surface area contributed by atoms with Crippen molar-refractivity contribution in [3.05, 3.63) is 24.2 Å². The Bertz CT molecular complexity index is 308. The van der Waals surface area contributed by atoms with Crippen LogP contribution in [0.5, 0.6) is 0 Å². The summed E-state index contributed by atoms with van der Waals surface area (Å²) in [6.07, 6.45) is 0.524. The van der Waals surface area contributed by atoms with Crippen molar-refractivity contribution in [2.24, 2.45) is 0 Å². The summed E-state index contributed by atoms with van der Waals surface area (Å²) in [5.74, 6) is 0.186. The normalized spacial score (nSPS) is 13.9. The average molecular weight is 212 g/mol. The highest BCUT2D eigenvalue weighted by Gasteiger charge is 2.21. The second-order valence-corrected chi connectivity index (χ2v) is 4.26. The average Bonchev–Trinajstić information content (AvgIpc) is 2.50. The molecule has 1 aromatic rings. The van der Waals surface area contributed by atoms with E-state index in [1.165, 1.54) is 6.26 Å². The number of aliphatic hydroxyl groups excluding tert-OH is 1. The summed E-state index contributed by atoms with van der Waals surface area (Å²) < 4.78 is 4.96. The van der Waals surface area contributed by atoms with E-state index in [0.717, 1.165) is 0 Å². The molecular weight excluding hydrogens is 196 g/mol. The zero-order valence-electron chi connectivity index (χ0n) is 8.93. The first-order valence-corrected chi connectivity index (χ1v) is 4.84. The van der Waals surface area contributed by atoms with Crippen molar-refractivity contribution in [1.29, 1.82) is 0 Å². The van der Waals surface area contributed by atoms with E-state index in [2.05, 4.69) is 0 Å². The van der Waals surface area contributed by atoms with Crippen molar-refractivity contribution in [2.75, 3.05) is 0 Å². The van der Waals surface area contributed by atoms with Crippen molar-refractivity contribution >= 4 is 5.78 Å². The van der Waals surface area contributed by atoms with E-state index in [9.17, 15) is 15.0 Å². The summed E-state index contributed by atoms with van der Waals surface area (Å²) in [5.41, 5.74) is -1.03. The molecule has 1 heterocycles. The van der Waals surface area contributed by atoms with Crippen molar-refractivity contribution in [3.63, 3.8) is 0 Å². The molecule has 0 bridgehead atoms. The van der Waals surface area contributed by atoms with Crippen LogP contribution in [0.2, 0.25) is 0 Å². The highest BCUT2D eigenvalue weighted by Crippen LogP contribution is 2.19. The maximum absolute atomic E-state index is 11.4. The third kappa shape index (κ3) is 4.27. The van der Waals surface area contributed by atoms with Gasteiger partial charge in [-0.2, -0.15) is 0 Å². The lowest BCUT2D eigenvalue weighted by Gasteiger charge is -2.16. The van der Waals surface area contributed by atoms with Gasteiger partial charge in [-0.1, -0.05) is 0 Å². The fourth-order valence-electron chi connectivity index (χ4n) is 1.35. The third-order valence-corrected chi connectivity index (χ3v) is 1.92. The summed E-state index contributed by atoms with van der Waals surface area (Å²) >= 11 is 0. The smallest absolute Gasteiger partial charge is 0.138 e. The largest absolute Gasteiger partial charge is 0.467 e. The van der Waals surface area contributed by atoms with Crippen LogP contribution in [0.4, 0.5) is 0 Å². The van der Waals surface area contributed by atoms with E-state index < -0.39 is 11.7 Å². The standard InChI is InChI=1S/C11H16O4/c1-11(2,14)7-8(12)6-9(13)10-4-3-5-15-10/h3-5,9,13-14H,6-7H2,1-2H3. The highest BCUT2D eigenvalue weighted by molar-refractivity contribution is 5.79. The molecule has 4 nitrogen and oxygen atoms in total. The molecule has 1 rings (SSSR count). The summed E-state index contributed by atoms with van der Waals surface area (Å²) in [7, 11) is 0. The van der Waals surface area contributed by atoms with Gasteiger partial charge in [0.2, 0.25) is 0 Å². The van der Waals surface area contributed by atoms with Crippen LogP contribution in [0.3, 0.4) is 0 Å². The summed E-state index contributed by atoms with van der Waals surface area (Å²) in [4.78, 5) is 11.4. The van der Waals surface area contributed by atoms with Crippen LogP contribution in [0.15, 0.2) is 22.8 Å². The minimum Gasteiger partial charge on any atom is -0.467 e. The minimum absolute atomic E-state index is 0.0303. The van der Waals surface area contributed by atoms with Gasteiger partial charge in [0.15, 0.2) is 0 Å². The maximum Gasteiger partial charge on any atom is 0.138 e. The number of carbonyl (C=O) groups is 1. The number of furan rings is 1. The van der Waals surface area contributed by atoms with Crippen LogP contribution in [0.1, 0.15) is 38.6 Å². The Labute approximate surface area is 88.5 Å². The van der Waals surface area contributed by atoms with Crippen LogP contribution >= 0.6 is 0 Å². The van der Waals surface area contributed by atoms with E-state index in [0.29, 0.717) is 5.76 Å². The summed E-state index contributed by atoms with van der Waals surface area (Å²) in [6.45, 7) is 3.12. The van der Waals surface area contributed by atoms with Crippen molar-refractivity contribution in [3.8, 4) is 0 Å². The van der Waals surface area contributed by atoms with Crippen molar-refractivity contribution in [1.82, 2.24) is 0 Å². The van der Waals surface area contributed by atoms with E-state index in [-0.39, 0.29) is 18.6 Å². The summed E-state index contributed by atoms with van der Waals surface area (Å²) in [6, 6.07) is 3.26. The van der Waals surface area contributed by atoms with Gasteiger partial charge in [-0.05, 0) is 26.0 Å². The van der Waals surface area contributed by atoms with Crippen LogP contribution in [0, 0.1) is 0 Å². The molecule has 0 saturated heterocycles. The van der Waals surface area contributed by atoms with Gasteiger partial charge in [-0.3, -0.25) is 4.79 Å². The first-order chi connectivity index (χ1) is 6.88. The number of hydrogen-bond acceptors (Lipinski definition) is 4. The van der Waals surface area contributed by atoms with Crippen molar-refractivity contribution < 1.29 is 19.4 Å². The maximum atomic E-state index is 11.4. The van der Waals surface area contributed by atoms with Gasteiger partial charge in [-0.15, -0.1) is 0 Å². The molecule has 0 aromatic carbocycles. The Morgan fingerprint density at radius 2 is 2.27 bits per heavy atom. The number of Topliss-reactive ketones (excluding diaryl/α,β-unsaturated/α-hetero) is 1. The molecule has 0 radical (unpaired) electrons. The third-order valence-electron chi connectivity index (χ3n) is 1.92. The molecule has 0 saturated carbocycles. The minimum atomic E-state index is -1.03. The molecule has 15 heavy (non-hydrogen) atoms. The molecule has 84 valence electrons. The monoisotopic (exact) mass is 212 g/mol. The number of carbonyl (C=O) groups excluding carboxylic acids is 1. The second kappa shape index (κ2) is 4.59. The molecule has 0 spiro atoms. The lowest BCUT2D eigenvalue weighted by molar-refractivity contribution is -0.125. The predicted octanol–water partition coefficient (Wildman–Crippen LogP) is 1.43. The van der Waals surface area contributed by atoms with E-state index >= 15 is 0 Å². The zero-order chi connectivity index (χ0) is 11.5. The van der Waals surface area contributed by atoms with Gasteiger partial charge in [0.1, 0.15) is 17.6 Å². The topological polar surface area (TPSA) is 70.7 Å². The van der Waals surface area contributed by atoms with E-state index in [4.69, 9.17) is 4.42 Å². The van der Waals surface area contributed by atoms with Gasteiger partial charge >= 0.3 is 0 Å². The molecule has 0 amide bonds. The van der Waals surface area contributed by atoms with E-state index in [1.807, 2.05) is 0 Å². The fraction of sp³-hybridized carbons (Fsp3) is 0.545. The number of ketones is 1. The highest BCUT2D eigenvalue weighted by atomic mass is 16.4. The molecule has 1 unspecified atom stereocenters. The quantitative estimate of drug-likeness (QED) is 0.774. The molecule has 0 aliphatic carbocycles. The molecule has 2 N–H and O–H groups in total. The first-order valence-electron chi connectivity index (χ1n) is 4.84. The molecule has 1 aromatic heterocycles. The second-order valence-electron chi connectivity index (χ2n) is 4.26. The molecule has 4 heteroatoms. The Balaban J connectivity index is 2.45. The molecular formula is C11H16O4. The van der Waals surface area contributed by atoms with Crippen LogP contribution in [0.25, 0.3) is 0 Å². The Kier molecular flexibility index (Phi) is 3.66. The Hall–Kier alpha value is -1.13. The molecule has 0 aliphatic rings. The van der Waals surface area contributed by atoms with Gasteiger partial charge in [0.25, 0.3) is 0 Å². The Morgan fingerprint density at radius 3 is 2.73 bits per heavy atom. The zero-order valence-corrected chi connectivity index (χ0v) is 8.93. The van der Waals surface area contributed by atoms with Crippen LogP contribution in [-0.4, -0.2) is 21.6 Å². The first kappa shape index (κ1) is 11.9. The van der Waals surface area contributed by atoms with Gasteiger partial charge in [-0.25, -0.2) is 0 Å². The number of rotatable bonds is 5. The van der Waals surface area contributed by atoms with Gasteiger partial charge in [0, 0.05) is 12.8 Å². The summed E-state index contributed by atoms with van der Waals surface area (Å²) in [5, 5.41) is 19.0. The predicted molar refractivity (Wildman–Crippen MR) is 54.2 cm³/mol. The number of aliphatic hydroxyl groups is 2. The van der Waals surface area contributed by atoms with Crippen LogP contribution in [-0.2, 0) is 4.79 Å². The lowest BCUT2D eigenvalue weighted by atomic mass is 9.98. The fourth-order valence-corrected chi connectivity index (χ4v) is 1.35. The van der Waals surface area contributed by atoms with Gasteiger partial charge < -0.3 is 14.6 Å².